The van der Waals surface area contributed by atoms with Gasteiger partial charge in [0.15, 0.2) is 0 Å². The van der Waals surface area contributed by atoms with Gasteiger partial charge in [-0.05, 0) is 37.0 Å². The molecule has 0 radical (unpaired) electrons. The van der Waals surface area contributed by atoms with Crippen molar-refractivity contribution in [1.82, 2.24) is 4.90 Å². The molecule has 2 fully saturated rings. The van der Waals surface area contributed by atoms with Crippen LogP contribution in [-0.4, -0.2) is 30.6 Å². The summed E-state index contributed by atoms with van der Waals surface area (Å²) in [4.78, 5) is 2.66. The molecule has 2 aliphatic rings. The molecule has 2 rings (SSSR count). The highest BCUT2D eigenvalue weighted by Crippen LogP contribution is 2.28. The molecular formula is C13H26N2. The van der Waals surface area contributed by atoms with Crippen molar-refractivity contribution < 1.29 is 0 Å². The molecule has 15 heavy (non-hydrogen) atoms. The van der Waals surface area contributed by atoms with Crippen molar-refractivity contribution >= 4 is 0 Å². The highest BCUT2D eigenvalue weighted by molar-refractivity contribution is 4.83. The topological polar surface area (TPSA) is 29.3 Å². The monoisotopic (exact) mass is 210 g/mol. The standard InChI is InChI=1S/C13H26N2/c1-10-7-15(8-11(10)2)9-12-4-3-5-13(14)6-12/h10-13H,3-9,14H2,1-2H3. The molecule has 4 atom stereocenters. The van der Waals surface area contributed by atoms with E-state index in [0.717, 1.165) is 17.8 Å². The second kappa shape index (κ2) is 4.84. The van der Waals surface area contributed by atoms with Crippen LogP contribution in [0.4, 0.5) is 0 Å². The molecule has 0 spiro atoms. The molecule has 0 aromatic heterocycles. The number of nitrogens with zero attached hydrogens (tertiary/aromatic N) is 1. The molecule has 1 saturated heterocycles. The van der Waals surface area contributed by atoms with Gasteiger partial charge in [0.05, 0.1) is 0 Å². The molecular weight excluding hydrogens is 184 g/mol. The Morgan fingerprint density at radius 1 is 1.13 bits per heavy atom. The second-order valence-electron chi connectivity index (χ2n) is 5.97. The lowest BCUT2D eigenvalue weighted by Crippen LogP contribution is -2.35. The van der Waals surface area contributed by atoms with Gasteiger partial charge in [0, 0.05) is 25.7 Å². The lowest BCUT2D eigenvalue weighted by molar-refractivity contribution is 0.215. The first kappa shape index (κ1) is 11.4. The van der Waals surface area contributed by atoms with Crippen molar-refractivity contribution in [2.24, 2.45) is 23.5 Å². The molecule has 0 aromatic carbocycles. The van der Waals surface area contributed by atoms with Crippen LogP contribution in [0, 0.1) is 17.8 Å². The zero-order valence-corrected chi connectivity index (χ0v) is 10.3. The highest BCUT2D eigenvalue weighted by atomic mass is 15.2. The first-order valence-electron chi connectivity index (χ1n) is 6.63. The Hall–Kier alpha value is -0.0800. The summed E-state index contributed by atoms with van der Waals surface area (Å²) < 4.78 is 0. The van der Waals surface area contributed by atoms with Gasteiger partial charge in [0.25, 0.3) is 0 Å². The molecule has 2 nitrogen and oxygen atoms in total. The van der Waals surface area contributed by atoms with E-state index in [-0.39, 0.29) is 0 Å². The number of hydrogen-bond donors (Lipinski definition) is 1. The van der Waals surface area contributed by atoms with E-state index in [9.17, 15) is 0 Å². The maximum Gasteiger partial charge on any atom is 0.00419 e. The summed E-state index contributed by atoms with van der Waals surface area (Å²) in [5, 5.41) is 0. The molecule has 1 aliphatic carbocycles. The highest BCUT2D eigenvalue weighted by Gasteiger charge is 2.29. The van der Waals surface area contributed by atoms with Crippen molar-refractivity contribution in [2.75, 3.05) is 19.6 Å². The molecule has 1 heterocycles. The molecule has 88 valence electrons. The Kier molecular flexibility index (Phi) is 3.68. The van der Waals surface area contributed by atoms with Gasteiger partial charge in [-0.3, -0.25) is 0 Å². The van der Waals surface area contributed by atoms with Crippen LogP contribution in [0.1, 0.15) is 39.5 Å². The van der Waals surface area contributed by atoms with Crippen LogP contribution in [0.3, 0.4) is 0 Å². The zero-order valence-electron chi connectivity index (χ0n) is 10.3. The average Bonchev–Trinajstić information content (AvgIpc) is 2.45. The van der Waals surface area contributed by atoms with Gasteiger partial charge in [-0.1, -0.05) is 20.3 Å². The van der Waals surface area contributed by atoms with Crippen molar-refractivity contribution in [2.45, 2.75) is 45.6 Å². The maximum atomic E-state index is 6.04. The van der Waals surface area contributed by atoms with E-state index in [1.807, 2.05) is 0 Å². The minimum absolute atomic E-state index is 0.487. The third-order valence-corrected chi connectivity index (χ3v) is 4.40. The molecule has 0 bridgehead atoms. The van der Waals surface area contributed by atoms with Crippen LogP contribution in [-0.2, 0) is 0 Å². The second-order valence-corrected chi connectivity index (χ2v) is 5.97. The van der Waals surface area contributed by atoms with Crippen LogP contribution >= 0.6 is 0 Å². The first-order valence-corrected chi connectivity index (χ1v) is 6.63. The zero-order chi connectivity index (χ0) is 10.8. The molecule has 0 amide bonds. The summed E-state index contributed by atoms with van der Waals surface area (Å²) in [7, 11) is 0. The molecule has 4 unspecified atom stereocenters. The fourth-order valence-electron chi connectivity index (χ4n) is 3.26. The number of nitrogens with two attached hydrogens (primary N) is 1. The van der Waals surface area contributed by atoms with Crippen molar-refractivity contribution in [3.05, 3.63) is 0 Å². The number of hydrogen-bond acceptors (Lipinski definition) is 2. The third kappa shape index (κ3) is 2.94. The molecule has 0 aromatic rings. The van der Waals surface area contributed by atoms with Crippen molar-refractivity contribution in [3.8, 4) is 0 Å². The summed E-state index contributed by atoms with van der Waals surface area (Å²) in [6.45, 7) is 8.71. The molecule has 2 N–H and O–H groups in total. The number of likely N-dealkylation sites (tertiary alicyclic amines) is 1. The van der Waals surface area contributed by atoms with E-state index in [4.69, 9.17) is 5.73 Å². The van der Waals surface area contributed by atoms with Gasteiger partial charge in [0.2, 0.25) is 0 Å². The minimum atomic E-state index is 0.487. The maximum absolute atomic E-state index is 6.04. The van der Waals surface area contributed by atoms with E-state index >= 15 is 0 Å². The summed E-state index contributed by atoms with van der Waals surface area (Å²) >= 11 is 0. The van der Waals surface area contributed by atoms with Crippen molar-refractivity contribution in [3.63, 3.8) is 0 Å². The van der Waals surface area contributed by atoms with Crippen LogP contribution in [0.2, 0.25) is 0 Å². The lowest BCUT2D eigenvalue weighted by atomic mass is 9.86. The Bertz CT molecular complexity index is 192. The predicted octanol–water partition coefficient (Wildman–Crippen LogP) is 2.09. The van der Waals surface area contributed by atoms with Crippen LogP contribution in [0.15, 0.2) is 0 Å². The quantitative estimate of drug-likeness (QED) is 0.756. The largest absolute Gasteiger partial charge is 0.328 e. The summed E-state index contributed by atoms with van der Waals surface area (Å²) in [5.41, 5.74) is 6.04. The fourth-order valence-corrected chi connectivity index (χ4v) is 3.26. The SMILES string of the molecule is CC1CN(CC2CCCC(N)C2)CC1C. The van der Waals surface area contributed by atoms with E-state index in [2.05, 4.69) is 18.7 Å². The van der Waals surface area contributed by atoms with E-state index < -0.39 is 0 Å². The van der Waals surface area contributed by atoms with Gasteiger partial charge >= 0.3 is 0 Å². The Morgan fingerprint density at radius 3 is 2.40 bits per heavy atom. The average molecular weight is 210 g/mol. The Labute approximate surface area is 94.2 Å². The number of rotatable bonds is 2. The van der Waals surface area contributed by atoms with E-state index in [1.165, 1.54) is 45.3 Å². The van der Waals surface area contributed by atoms with Gasteiger partial charge in [-0.25, -0.2) is 0 Å². The van der Waals surface area contributed by atoms with Crippen molar-refractivity contribution in [1.29, 1.82) is 0 Å². The van der Waals surface area contributed by atoms with Crippen LogP contribution < -0.4 is 5.73 Å². The van der Waals surface area contributed by atoms with Gasteiger partial charge in [-0.15, -0.1) is 0 Å². The molecule has 2 heteroatoms. The van der Waals surface area contributed by atoms with E-state index in [0.29, 0.717) is 6.04 Å². The lowest BCUT2D eigenvalue weighted by Gasteiger charge is -2.30. The van der Waals surface area contributed by atoms with Crippen LogP contribution in [0.25, 0.3) is 0 Å². The Balaban J connectivity index is 1.77. The van der Waals surface area contributed by atoms with E-state index in [1.54, 1.807) is 0 Å². The Morgan fingerprint density at radius 2 is 1.80 bits per heavy atom. The third-order valence-electron chi connectivity index (χ3n) is 4.40. The fraction of sp³-hybridized carbons (Fsp3) is 1.00. The summed E-state index contributed by atoms with van der Waals surface area (Å²) in [5.74, 6) is 2.66. The molecule has 1 aliphatic heterocycles. The minimum Gasteiger partial charge on any atom is -0.328 e. The summed E-state index contributed by atoms with van der Waals surface area (Å²) in [6, 6.07) is 0.487. The first-order chi connectivity index (χ1) is 7.15. The normalized spacial score (nSPS) is 43.4. The predicted molar refractivity (Wildman–Crippen MR) is 64.7 cm³/mol. The molecule has 1 saturated carbocycles. The smallest absolute Gasteiger partial charge is 0.00419 e. The summed E-state index contributed by atoms with van der Waals surface area (Å²) in [6.07, 6.45) is 5.28. The van der Waals surface area contributed by atoms with Gasteiger partial charge < -0.3 is 10.6 Å². The van der Waals surface area contributed by atoms with Gasteiger partial charge in [0.1, 0.15) is 0 Å². The van der Waals surface area contributed by atoms with Gasteiger partial charge in [-0.2, -0.15) is 0 Å². The van der Waals surface area contributed by atoms with Crippen LogP contribution in [0.5, 0.6) is 0 Å².